The van der Waals surface area contributed by atoms with Gasteiger partial charge in [-0.25, -0.2) is 0 Å². The van der Waals surface area contributed by atoms with Crippen LogP contribution in [0.1, 0.15) is 52.4 Å². The van der Waals surface area contributed by atoms with Crippen LogP contribution in [0, 0.1) is 5.41 Å². The highest BCUT2D eigenvalue weighted by Gasteiger charge is 2.37. The maximum atomic E-state index is 12.5. The van der Waals surface area contributed by atoms with Crippen molar-refractivity contribution in [2.24, 2.45) is 11.1 Å². The van der Waals surface area contributed by atoms with Crippen molar-refractivity contribution in [3.63, 3.8) is 0 Å². The van der Waals surface area contributed by atoms with E-state index in [1.54, 1.807) is 0 Å². The van der Waals surface area contributed by atoms with Gasteiger partial charge in [-0.05, 0) is 19.8 Å². The second-order valence-corrected chi connectivity index (χ2v) is 6.08. The molecule has 4 heteroatoms. The molecule has 1 amide bonds. The summed E-state index contributed by atoms with van der Waals surface area (Å²) in [7, 11) is 1.87. The second-order valence-electron chi connectivity index (χ2n) is 5.56. The molecule has 0 spiro atoms. The smallest absolute Gasteiger partial charge is 0.228 e. The second kappa shape index (κ2) is 5.80. The summed E-state index contributed by atoms with van der Waals surface area (Å²) >= 11 is 4.90. The van der Waals surface area contributed by atoms with Gasteiger partial charge < -0.3 is 10.6 Å². The van der Waals surface area contributed by atoms with E-state index >= 15 is 0 Å². The van der Waals surface area contributed by atoms with Gasteiger partial charge in [0.2, 0.25) is 5.91 Å². The van der Waals surface area contributed by atoms with Crippen molar-refractivity contribution in [3.8, 4) is 0 Å². The van der Waals surface area contributed by atoms with Gasteiger partial charge in [-0.3, -0.25) is 4.79 Å². The standard InChI is InChI=1S/C13H24N2OS/c1-10(9-11(14)17)15(3)12(16)13(2)7-5-4-6-8-13/h10H,4-9H2,1-3H3,(H2,14,17). The molecular weight excluding hydrogens is 232 g/mol. The molecule has 0 aromatic heterocycles. The summed E-state index contributed by atoms with van der Waals surface area (Å²) in [6, 6.07) is 0.0961. The van der Waals surface area contributed by atoms with E-state index in [1.165, 1.54) is 19.3 Å². The first-order valence-corrected chi connectivity index (χ1v) is 6.83. The molecule has 1 aliphatic rings. The molecule has 2 N–H and O–H groups in total. The van der Waals surface area contributed by atoms with Crippen molar-refractivity contribution in [3.05, 3.63) is 0 Å². The van der Waals surface area contributed by atoms with Gasteiger partial charge in [0, 0.05) is 24.9 Å². The van der Waals surface area contributed by atoms with Gasteiger partial charge in [0.25, 0.3) is 0 Å². The van der Waals surface area contributed by atoms with E-state index in [0.717, 1.165) is 12.8 Å². The molecule has 1 fully saturated rings. The lowest BCUT2D eigenvalue weighted by atomic mass is 9.74. The Morgan fingerprint density at radius 1 is 1.41 bits per heavy atom. The van der Waals surface area contributed by atoms with Crippen molar-refractivity contribution in [2.75, 3.05) is 7.05 Å². The zero-order valence-electron chi connectivity index (χ0n) is 11.2. The van der Waals surface area contributed by atoms with Crippen LogP contribution >= 0.6 is 12.2 Å². The summed E-state index contributed by atoms with van der Waals surface area (Å²) in [5.74, 6) is 0.251. The zero-order valence-corrected chi connectivity index (χ0v) is 12.0. The number of nitrogens with zero attached hydrogens (tertiary/aromatic N) is 1. The first-order chi connectivity index (χ1) is 7.87. The first-order valence-electron chi connectivity index (χ1n) is 6.42. The Kier molecular flexibility index (Phi) is 4.92. The quantitative estimate of drug-likeness (QED) is 0.786. The Morgan fingerprint density at radius 3 is 2.41 bits per heavy atom. The van der Waals surface area contributed by atoms with Crippen LogP contribution in [0.3, 0.4) is 0 Å². The molecular formula is C13H24N2OS. The summed E-state index contributed by atoms with van der Waals surface area (Å²) in [6.07, 6.45) is 6.22. The average Bonchev–Trinajstić information content (AvgIpc) is 2.27. The van der Waals surface area contributed by atoms with E-state index in [4.69, 9.17) is 18.0 Å². The normalized spacial score (nSPS) is 20.6. The maximum Gasteiger partial charge on any atom is 0.228 e. The van der Waals surface area contributed by atoms with Crippen molar-refractivity contribution < 1.29 is 4.79 Å². The first kappa shape index (κ1) is 14.4. The minimum atomic E-state index is -0.169. The van der Waals surface area contributed by atoms with Crippen LogP contribution in [0.5, 0.6) is 0 Å². The molecule has 0 aromatic carbocycles. The van der Waals surface area contributed by atoms with Crippen LogP contribution in [0.2, 0.25) is 0 Å². The summed E-state index contributed by atoms with van der Waals surface area (Å²) in [4.78, 5) is 14.8. The molecule has 3 nitrogen and oxygen atoms in total. The molecule has 98 valence electrons. The number of carbonyl (C=O) groups is 1. The highest BCUT2D eigenvalue weighted by Crippen LogP contribution is 2.37. The van der Waals surface area contributed by atoms with E-state index < -0.39 is 0 Å². The largest absolute Gasteiger partial charge is 0.393 e. The van der Waals surface area contributed by atoms with Gasteiger partial charge in [0.1, 0.15) is 0 Å². The number of nitrogens with two attached hydrogens (primary N) is 1. The molecule has 0 bridgehead atoms. The number of hydrogen-bond acceptors (Lipinski definition) is 2. The molecule has 0 heterocycles. The van der Waals surface area contributed by atoms with Crippen LogP contribution in [0.15, 0.2) is 0 Å². The molecule has 1 rings (SSSR count). The van der Waals surface area contributed by atoms with Crippen LogP contribution < -0.4 is 5.73 Å². The Morgan fingerprint density at radius 2 is 1.94 bits per heavy atom. The molecule has 1 saturated carbocycles. The Bertz CT molecular complexity index is 298. The third-order valence-corrected chi connectivity index (χ3v) is 4.12. The van der Waals surface area contributed by atoms with E-state index in [2.05, 4.69) is 6.92 Å². The fourth-order valence-corrected chi connectivity index (χ4v) is 2.84. The van der Waals surface area contributed by atoms with Crippen molar-refractivity contribution in [2.45, 2.75) is 58.4 Å². The lowest BCUT2D eigenvalue weighted by Gasteiger charge is -2.38. The van der Waals surface area contributed by atoms with E-state index in [1.807, 2.05) is 18.9 Å². The SMILES string of the molecule is CC(CC(N)=S)N(C)C(=O)C1(C)CCCCC1. The predicted molar refractivity (Wildman–Crippen MR) is 74.8 cm³/mol. The third kappa shape index (κ3) is 3.66. The molecule has 0 saturated heterocycles. The minimum absolute atomic E-state index is 0.0961. The van der Waals surface area contributed by atoms with Crippen LogP contribution in [0.4, 0.5) is 0 Å². The third-order valence-electron chi connectivity index (χ3n) is 3.95. The number of rotatable bonds is 4. The van der Waals surface area contributed by atoms with Crippen LogP contribution in [0.25, 0.3) is 0 Å². The van der Waals surface area contributed by atoms with Crippen LogP contribution in [-0.2, 0) is 4.79 Å². The van der Waals surface area contributed by atoms with Gasteiger partial charge in [0.15, 0.2) is 0 Å². The number of carbonyl (C=O) groups excluding carboxylic acids is 1. The van der Waals surface area contributed by atoms with Gasteiger partial charge in [-0.2, -0.15) is 0 Å². The van der Waals surface area contributed by atoms with Crippen molar-refractivity contribution >= 4 is 23.1 Å². The Labute approximate surface area is 110 Å². The fourth-order valence-electron chi connectivity index (χ4n) is 2.60. The highest BCUT2D eigenvalue weighted by atomic mass is 32.1. The molecule has 1 aliphatic carbocycles. The summed E-state index contributed by atoms with van der Waals surface area (Å²) < 4.78 is 0. The molecule has 1 unspecified atom stereocenters. The fraction of sp³-hybridized carbons (Fsp3) is 0.846. The van der Waals surface area contributed by atoms with Gasteiger partial charge >= 0.3 is 0 Å². The molecule has 1 atom stereocenters. The molecule has 17 heavy (non-hydrogen) atoms. The van der Waals surface area contributed by atoms with E-state index in [-0.39, 0.29) is 17.4 Å². The Balaban J connectivity index is 2.64. The lowest BCUT2D eigenvalue weighted by molar-refractivity contribution is -0.143. The highest BCUT2D eigenvalue weighted by molar-refractivity contribution is 7.80. The van der Waals surface area contributed by atoms with Gasteiger partial charge in [0.05, 0.1) is 4.99 Å². The zero-order chi connectivity index (χ0) is 13.1. The lowest BCUT2D eigenvalue weighted by Crippen LogP contribution is -2.46. The van der Waals surface area contributed by atoms with Gasteiger partial charge in [-0.15, -0.1) is 0 Å². The van der Waals surface area contributed by atoms with E-state index in [0.29, 0.717) is 11.4 Å². The molecule has 0 aliphatic heterocycles. The molecule has 0 aromatic rings. The summed E-state index contributed by atoms with van der Waals surface area (Å²) in [5.41, 5.74) is 5.37. The predicted octanol–water partition coefficient (Wildman–Crippen LogP) is 2.48. The number of thiocarbonyl (C=S) groups is 1. The number of amides is 1. The number of hydrogen-bond donors (Lipinski definition) is 1. The van der Waals surface area contributed by atoms with Crippen molar-refractivity contribution in [1.29, 1.82) is 0 Å². The summed E-state index contributed by atoms with van der Waals surface area (Å²) in [6.45, 7) is 4.10. The van der Waals surface area contributed by atoms with Crippen molar-refractivity contribution in [1.82, 2.24) is 4.90 Å². The van der Waals surface area contributed by atoms with E-state index in [9.17, 15) is 4.79 Å². The van der Waals surface area contributed by atoms with Crippen LogP contribution in [-0.4, -0.2) is 28.9 Å². The monoisotopic (exact) mass is 256 g/mol. The minimum Gasteiger partial charge on any atom is -0.393 e. The van der Waals surface area contributed by atoms with Gasteiger partial charge in [-0.1, -0.05) is 38.4 Å². The molecule has 0 radical (unpaired) electrons. The summed E-state index contributed by atoms with van der Waals surface area (Å²) in [5, 5.41) is 0. The topological polar surface area (TPSA) is 46.3 Å². The Hall–Kier alpha value is -0.640. The maximum absolute atomic E-state index is 12.5. The average molecular weight is 256 g/mol.